The third-order valence-electron chi connectivity index (χ3n) is 5.56. The summed E-state index contributed by atoms with van der Waals surface area (Å²) >= 11 is 1.48. The zero-order valence-electron chi connectivity index (χ0n) is 17.3. The van der Waals surface area contributed by atoms with E-state index < -0.39 is 0 Å². The summed E-state index contributed by atoms with van der Waals surface area (Å²) in [4.78, 5) is 17.1. The summed E-state index contributed by atoms with van der Waals surface area (Å²) in [6, 6.07) is 8.55. The molecule has 0 spiro atoms. The van der Waals surface area contributed by atoms with Gasteiger partial charge in [-0.2, -0.15) is 0 Å². The van der Waals surface area contributed by atoms with Gasteiger partial charge in [0.2, 0.25) is 11.9 Å². The standard InChI is InChI=1S/C21H30N6OS/c1-3-25(4-2)17-9-7-16(8-10-17)22-19(28)15-29-21-24-23-20(26-13-5-6-14-26)27(21)18-11-12-18/h7-10,18H,3-6,11-15H2,1-2H3,(H,22,28). The number of hydrogen-bond donors (Lipinski definition) is 1. The van der Waals surface area contributed by atoms with E-state index >= 15 is 0 Å². The minimum absolute atomic E-state index is 0.0151. The number of rotatable bonds is 9. The van der Waals surface area contributed by atoms with Crippen molar-refractivity contribution >= 4 is 35.0 Å². The maximum Gasteiger partial charge on any atom is 0.234 e. The fourth-order valence-corrected chi connectivity index (χ4v) is 4.63. The number of carbonyl (C=O) groups is 1. The molecule has 1 aromatic carbocycles. The minimum atomic E-state index is -0.0151. The van der Waals surface area contributed by atoms with Crippen LogP contribution >= 0.6 is 11.8 Å². The third kappa shape index (κ3) is 4.69. The van der Waals surface area contributed by atoms with Gasteiger partial charge >= 0.3 is 0 Å². The van der Waals surface area contributed by atoms with Crippen LogP contribution in [0, 0.1) is 0 Å². The van der Waals surface area contributed by atoms with E-state index in [1.54, 1.807) is 0 Å². The Morgan fingerprint density at radius 2 is 1.83 bits per heavy atom. The number of thioether (sulfide) groups is 1. The average Bonchev–Trinajstić information content (AvgIpc) is 3.25. The number of nitrogens with one attached hydrogen (secondary N) is 1. The van der Waals surface area contributed by atoms with Crippen LogP contribution in [0.5, 0.6) is 0 Å². The third-order valence-corrected chi connectivity index (χ3v) is 6.50. The maximum atomic E-state index is 12.5. The van der Waals surface area contributed by atoms with Crippen molar-refractivity contribution in [1.29, 1.82) is 0 Å². The SMILES string of the molecule is CCN(CC)c1ccc(NC(=O)CSc2nnc(N3CCCC3)n2C2CC2)cc1. The van der Waals surface area contributed by atoms with E-state index in [9.17, 15) is 4.79 Å². The lowest BCUT2D eigenvalue weighted by atomic mass is 10.2. The molecule has 0 bridgehead atoms. The molecule has 1 amide bonds. The van der Waals surface area contributed by atoms with Crippen LogP contribution in [-0.4, -0.2) is 52.6 Å². The molecule has 0 radical (unpaired) electrons. The van der Waals surface area contributed by atoms with Crippen molar-refractivity contribution in [2.45, 2.75) is 50.7 Å². The molecule has 1 aliphatic carbocycles. The molecule has 7 nitrogen and oxygen atoms in total. The molecular weight excluding hydrogens is 384 g/mol. The lowest BCUT2D eigenvalue weighted by molar-refractivity contribution is -0.113. The Kier molecular flexibility index (Phi) is 6.28. The average molecular weight is 415 g/mol. The van der Waals surface area contributed by atoms with Crippen LogP contribution in [0.1, 0.15) is 45.6 Å². The van der Waals surface area contributed by atoms with E-state index in [2.05, 4.69) is 55.9 Å². The van der Waals surface area contributed by atoms with Crippen LogP contribution in [0.15, 0.2) is 29.4 Å². The fourth-order valence-electron chi connectivity index (χ4n) is 3.82. The summed E-state index contributed by atoms with van der Waals surface area (Å²) in [5, 5.41) is 12.7. The highest BCUT2D eigenvalue weighted by atomic mass is 32.2. The summed E-state index contributed by atoms with van der Waals surface area (Å²) in [7, 11) is 0. The molecule has 1 N–H and O–H groups in total. The quantitative estimate of drug-likeness (QED) is 0.630. The number of nitrogens with zero attached hydrogens (tertiary/aromatic N) is 5. The van der Waals surface area contributed by atoms with Crippen LogP contribution in [0.3, 0.4) is 0 Å². The van der Waals surface area contributed by atoms with Gasteiger partial charge < -0.3 is 15.1 Å². The van der Waals surface area contributed by atoms with Crippen LogP contribution in [-0.2, 0) is 4.79 Å². The summed E-state index contributed by atoms with van der Waals surface area (Å²) in [6.07, 6.45) is 4.79. The second kappa shape index (κ2) is 9.07. The van der Waals surface area contributed by atoms with Gasteiger partial charge in [-0.05, 0) is 63.8 Å². The highest BCUT2D eigenvalue weighted by Crippen LogP contribution is 2.41. The van der Waals surface area contributed by atoms with Crippen LogP contribution < -0.4 is 15.1 Å². The Bertz CT molecular complexity index is 822. The van der Waals surface area contributed by atoms with E-state index in [1.165, 1.54) is 43.1 Å². The first kappa shape index (κ1) is 20.1. The highest BCUT2D eigenvalue weighted by molar-refractivity contribution is 7.99. The first-order valence-corrected chi connectivity index (χ1v) is 11.7. The monoisotopic (exact) mass is 414 g/mol. The second-order valence-corrected chi connectivity index (χ2v) is 8.58. The molecule has 156 valence electrons. The number of amides is 1. The molecule has 1 saturated carbocycles. The molecule has 1 aromatic heterocycles. The molecule has 0 atom stereocenters. The van der Waals surface area contributed by atoms with Crippen LogP contribution in [0.25, 0.3) is 0 Å². The summed E-state index contributed by atoms with van der Waals surface area (Å²) in [6.45, 7) is 8.34. The van der Waals surface area contributed by atoms with E-state index in [1.807, 2.05) is 12.1 Å². The maximum absolute atomic E-state index is 12.5. The van der Waals surface area contributed by atoms with Crippen molar-refractivity contribution in [3.05, 3.63) is 24.3 Å². The molecule has 8 heteroatoms. The summed E-state index contributed by atoms with van der Waals surface area (Å²) < 4.78 is 2.25. The molecule has 2 aliphatic rings. The smallest absolute Gasteiger partial charge is 0.234 e. The number of carbonyl (C=O) groups excluding carboxylic acids is 1. The van der Waals surface area contributed by atoms with Crippen molar-refractivity contribution in [3.63, 3.8) is 0 Å². The van der Waals surface area contributed by atoms with Gasteiger partial charge in [0.25, 0.3) is 0 Å². The predicted molar refractivity (Wildman–Crippen MR) is 119 cm³/mol. The van der Waals surface area contributed by atoms with Gasteiger partial charge in [0.15, 0.2) is 5.16 Å². The van der Waals surface area contributed by atoms with E-state index in [-0.39, 0.29) is 5.91 Å². The Labute approximate surface area is 176 Å². The van der Waals surface area contributed by atoms with Gasteiger partial charge in [0.1, 0.15) is 0 Å². The van der Waals surface area contributed by atoms with Crippen molar-refractivity contribution < 1.29 is 4.79 Å². The molecule has 1 saturated heterocycles. The van der Waals surface area contributed by atoms with E-state index in [4.69, 9.17) is 0 Å². The summed E-state index contributed by atoms with van der Waals surface area (Å²) in [5.74, 6) is 1.31. The molecular formula is C21H30N6OS. The highest BCUT2D eigenvalue weighted by Gasteiger charge is 2.32. The molecule has 4 rings (SSSR count). The van der Waals surface area contributed by atoms with Gasteiger partial charge in [0, 0.05) is 43.6 Å². The van der Waals surface area contributed by atoms with Crippen molar-refractivity contribution in [3.8, 4) is 0 Å². The first-order valence-electron chi connectivity index (χ1n) is 10.7. The lowest BCUT2D eigenvalue weighted by Gasteiger charge is -2.21. The number of aromatic nitrogens is 3. The van der Waals surface area contributed by atoms with Gasteiger partial charge in [-0.25, -0.2) is 0 Å². The predicted octanol–water partition coefficient (Wildman–Crippen LogP) is 3.79. The molecule has 1 aliphatic heterocycles. The normalized spacial score (nSPS) is 16.3. The molecule has 0 unspecified atom stereocenters. The lowest BCUT2D eigenvalue weighted by Crippen LogP contribution is -2.22. The zero-order valence-corrected chi connectivity index (χ0v) is 18.1. The van der Waals surface area contributed by atoms with Crippen LogP contribution in [0.4, 0.5) is 17.3 Å². The fraction of sp³-hybridized carbons (Fsp3) is 0.571. The Balaban J connectivity index is 1.35. The topological polar surface area (TPSA) is 66.3 Å². The Morgan fingerprint density at radius 1 is 1.14 bits per heavy atom. The Hall–Kier alpha value is -2.22. The largest absolute Gasteiger partial charge is 0.372 e. The molecule has 2 heterocycles. The van der Waals surface area contributed by atoms with Crippen molar-refractivity contribution in [2.75, 3.05) is 47.0 Å². The van der Waals surface area contributed by atoms with E-state index in [0.717, 1.165) is 43.0 Å². The number of anilines is 3. The molecule has 29 heavy (non-hydrogen) atoms. The Morgan fingerprint density at radius 3 is 2.45 bits per heavy atom. The first-order chi connectivity index (χ1) is 14.2. The number of hydrogen-bond acceptors (Lipinski definition) is 6. The van der Waals surface area contributed by atoms with Crippen molar-refractivity contribution in [2.24, 2.45) is 0 Å². The summed E-state index contributed by atoms with van der Waals surface area (Å²) in [5.41, 5.74) is 2.00. The molecule has 2 fully saturated rings. The van der Waals surface area contributed by atoms with Gasteiger partial charge in [-0.3, -0.25) is 9.36 Å². The number of benzene rings is 1. The second-order valence-electron chi connectivity index (χ2n) is 7.63. The van der Waals surface area contributed by atoms with Crippen LogP contribution in [0.2, 0.25) is 0 Å². The van der Waals surface area contributed by atoms with Gasteiger partial charge in [-0.1, -0.05) is 11.8 Å². The zero-order chi connectivity index (χ0) is 20.2. The van der Waals surface area contributed by atoms with E-state index in [0.29, 0.717) is 11.8 Å². The molecule has 2 aromatic rings. The van der Waals surface area contributed by atoms with Gasteiger partial charge in [0.05, 0.1) is 5.75 Å². The minimum Gasteiger partial charge on any atom is -0.372 e. The van der Waals surface area contributed by atoms with Crippen molar-refractivity contribution in [1.82, 2.24) is 14.8 Å². The van der Waals surface area contributed by atoms with Gasteiger partial charge in [-0.15, -0.1) is 10.2 Å².